The molecule has 0 radical (unpaired) electrons. The highest BCUT2D eigenvalue weighted by Crippen LogP contribution is 2.48. The van der Waals surface area contributed by atoms with Gasteiger partial charge in [0.05, 0.1) is 24.0 Å². The van der Waals surface area contributed by atoms with Crippen LogP contribution in [0, 0.1) is 11.8 Å². The van der Waals surface area contributed by atoms with Crippen LogP contribution in [0.4, 0.5) is 0 Å². The lowest BCUT2D eigenvalue weighted by Gasteiger charge is -2.15. The van der Waals surface area contributed by atoms with Crippen molar-refractivity contribution in [3.8, 4) is 0 Å². The predicted molar refractivity (Wildman–Crippen MR) is 47.3 cm³/mol. The van der Waals surface area contributed by atoms with Crippen molar-refractivity contribution in [2.24, 2.45) is 11.8 Å². The van der Waals surface area contributed by atoms with E-state index in [4.69, 9.17) is 4.74 Å². The van der Waals surface area contributed by atoms with Gasteiger partial charge in [0, 0.05) is 6.54 Å². The van der Waals surface area contributed by atoms with Crippen LogP contribution in [-0.4, -0.2) is 35.5 Å². The molecular weight excluding hydrogens is 182 g/mol. The SMILES string of the molecule is CCN1C(=O)C2C(C1=O)[C@H]1CC[C@H]2O1. The summed E-state index contributed by atoms with van der Waals surface area (Å²) in [5, 5.41) is 0. The Morgan fingerprint density at radius 1 is 1.21 bits per heavy atom. The number of ether oxygens (including phenoxy) is 1. The molecule has 0 aromatic heterocycles. The van der Waals surface area contributed by atoms with E-state index in [1.54, 1.807) is 0 Å². The molecule has 3 aliphatic rings. The second kappa shape index (κ2) is 2.57. The van der Waals surface area contributed by atoms with Gasteiger partial charge in [0.1, 0.15) is 0 Å². The molecule has 0 aromatic rings. The summed E-state index contributed by atoms with van der Waals surface area (Å²) in [4.78, 5) is 25.1. The highest BCUT2D eigenvalue weighted by Gasteiger charge is 2.61. The monoisotopic (exact) mass is 195 g/mol. The molecule has 4 atom stereocenters. The Morgan fingerprint density at radius 3 is 2.14 bits per heavy atom. The fourth-order valence-corrected chi connectivity index (χ4v) is 3.09. The van der Waals surface area contributed by atoms with Crippen molar-refractivity contribution in [3.63, 3.8) is 0 Å². The third-order valence-corrected chi connectivity index (χ3v) is 3.69. The molecule has 2 bridgehead atoms. The van der Waals surface area contributed by atoms with E-state index in [1.165, 1.54) is 4.90 Å². The van der Waals surface area contributed by atoms with Gasteiger partial charge in [-0.05, 0) is 19.8 Å². The first-order valence-electron chi connectivity index (χ1n) is 5.24. The summed E-state index contributed by atoms with van der Waals surface area (Å²) in [5.74, 6) is -0.313. The molecule has 3 heterocycles. The van der Waals surface area contributed by atoms with Crippen LogP contribution in [-0.2, 0) is 14.3 Å². The molecule has 3 fully saturated rings. The minimum Gasteiger partial charge on any atom is -0.373 e. The van der Waals surface area contributed by atoms with E-state index in [9.17, 15) is 9.59 Å². The molecule has 3 aliphatic heterocycles. The molecule has 3 saturated heterocycles. The average Bonchev–Trinajstić information content (AvgIpc) is 2.80. The van der Waals surface area contributed by atoms with Crippen molar-refractivity contribution in [1.29, 1.82) is 0 Å². The summed E-state index contributed by atoms with van der Waals surface area (Å²) in [6.45, 7) is 2.35. The minimum absolute atomic E-state index is 0.00491. The van der Waals surface area contributed by atoms with Crippen LogP contribution in [0.3, 0.4) is 0 Å². The fraction of sp³-hybridized carbons (Fsp3) is 0.800. The molecule has 0 aromatic carbocycles. The molecule has 2 unspecified atom stereocenters. The van der Waals surface area contributed by atoms with Crippen molar-refractivity contribution in [1.82, 2.24) is 4.90 Å². The summed E-state index contributed by atoms with van der Waals surface area (Å²) >= 11 is 0. The Balaban J connectivity index is 1.98. The molecule has 0 spiro atoms. The smallest absolute Gasteiger partial charge is 0.235 e. The normalized spacial score (nSPS) is 45.1. The van der Waals surface area contributed by atoms with Crippen molar-refractivity contribution in [2.45, 2.75) is 32.0 Å². The van der Waals surface area contributed by atoms with Crippen LogP contribution in [0.15, 0.2) is 0 Å². The van der Waals surface area contributed by atoms with E-state index in [1.807, 2.05) is 6.92 Å². The number of carbonyl (C=O) groups is 2. The van der Waals surface area contributed by atoms with Gasteiger partial charge in [-0.3, -0.25) is 14.5 Å². The maximum absolute atomic E-state index is 11.8. The maximum atomic E-state index is 11.8. The van der Waals surface area contributed by atoms with Gasteiger partial charge in [-0.2, -0.15) is 0 Å². The third kappa shape index (κ3) is 0.780. The number of fused-ring (bicyclic) bond motifs is 5. The highest BCUT2D eigenvalue weighted by molar-refractivity contribution is 6.06. The highest BCUT2D eigenvalue weighted by atomic mass is 16.5. The minimum atomic E-state index is -0.152. The van der Waals surface area contributed by atoms with Crippen molar-refractivity contribution in [3.05, 3.63) is 0 Å². The van der Waals surface area contributed by atoms with E-state index in [0.29, 0.717) is 6.54 Å². The second-order valence-corrected chi connectivity index (χ2v) is 4.26. The van der Waals surface area contributed by atoms with E-state index in [2.05, 4.69) is 0 Å². The molecule has 0 N–H and O–H groups in total. The summed E-state index contributed by atoms with van der Waals surface area (Å²) in [6, 6.07) is 0. The van der Waals surface area contributed by atoms with Crippen molar-refractivity contribution >= 4 is 11.8 Å². The predicted octanol–water partition coefficient (Wildman–Crippen LogP) is 0.169. The van der Waals surface area contributed by atoms with Crippen LogP contribution in [0.2, 0.25) is 0 Å². The van der Waals surface area contributed by atoms with Gasteiger partial charge >= 0.3 is 0 Å². The van der Waals surface area contributed by atoms with Crippen LogP contribution in [0.1, 0.15) is 19.8 Å². The van der Waals surface area contributed by atoms with Gasteiger partial charge in [-0.1, -0.05) is 0 Å². The van der Waals surface area contributed by atoms with E-state index in [-0.39, 0.29) is 35.9 Å². The second-order valence-electron chi connectivity index (χ2n) is 4.26. The van der Waals surface area contributed by atoms with Gasteiger partial charge in [0.2, 0.25) is 11.8 Å². The molecule has 76 valence electrons. The maximum Gasteiger partial charge on any atom is 0.235 e. The molecule has 14 heavy (non-hydrogen) atoms. The summed E-state index contributed by atoms with van der Waals surface area (Å²) in [5.41, 5.74) is 0. The zero-order chi connectivity index (χ0) is 9.87. The van der Waals surface area contributed by atoms with Gasteiger partial charge in [-0.15, -0.1) is 0 Å². The Hall–Kier alpha value is -0.900. The summed E-state index contributed by atoms with van der Waals surface area (Å²) in [7, 11) is 0. The first kappa shape index (κ1) is 8.41. The first-order valence-corrected chi connectivity index (χ1v) is 5.24. The molecule has 0 aliphatic carbocycles. The largest absolute Gasteiger partial charge is 0.373 e. The lowest BCUT2D eigenvalue weighted by Crippen LogP contribution is -2.33. The van der Waals surface area contributed by atoms with Crippen LogP contribution >= 0.6 is 0 Å². The van der Waals surface area contributed by atoms with Crippen LogP contribution in [0.25, 0.3) is 0 Å². The van der Waals surface area contributed by atoms with Gasteiger partial charge in [0.15, 0.2) is 0 Å². The number of hydrogen-bond acceptors (Lipinski definition) is 3. The number of carbonyl (C=O) groups excluding carboxylic acids is 2. The molecule has 2 amide bonds. The average molecular weight is 195 g/mol. The Bertz CT molecular complexity index is 286. The Labute approximate surface area is 82.2 Å². The van der Waals surface area contributed by atoms with E-state index in [0.717, 1.165) is 12.8 Å². The lowest BCUT2D eigenvalue weighted by molar-refractivity contribution is -0.142. The summed E-state index contributed by atoms with van der Waals surface area (Å²) in [6.07, 6.45) is 1.95. The Morgan fingerprint density at radius 2 is 1.71 bits per heavy atom. The Kier molecular flexibility index (Phi) is 1.54. The van der Waals surface area contributed by atoms with Gasteiger partial charge < -0.3 is 4.74 Å². The van der Waals surface area contributed by atoms with Crippen LogP contribution < -0.4 is 0 Å². The molecule has 0 saturated carbocycles. The number of nitrogens with zero attached hydrogens (tertiary/aromatic N) is 1. The zero-order valence-electron chi connectivity index (χ0n) is 8.10. The number of likely N-dealkylation sites (tertiary alicyclic amines) is 1. The third-order valence-electron chi connectivity index (χ3n) is 3.69. The van der Waals surface area contributed by atoms with Crippen molar-refractivity contribution < 1.29 is 14.3 Å². The van der Waals surface area contributed by atoms with Gasteiger partial charge in [0.25, 0.3) is 0 Å². The van der Waals surface area contributed by atoms with Crippen LogP contribution in [0.5, 0.6) is 0 Å². The topological polar surface area (TPSA) is 46.6 Å². The van der Waals surface area contributed by atoms with E-state index < -0.39 is 0 Å². The molecular formula is C10H13NO3. The molecule has 3 rings (SSSR count). The number of hydrogen-bond donors (Lipinski definition) is 0. The number of rotatable bonds is 1. The quantitative estimate of drug-likeness (QED) is 0.560. The number of imide groups is 1. The molecule has 4 nitrogen and oxygen atoms in total. The zero-order valence-corrected chi connectivity index (χ0v) is 8.10. The molecule has 4 heteroatoms. The summed E-state index contributed by atoms with van der Waals surface area (Å²) < 4.78 is 5.60. The number of amides is 2. The van der Waals surface area contributed by atoms with Crippen molar-refractivity contribution in [2.75, 3.05) is 6.54 Å². The fourth-order valence-electron chi connectivity index (χ4n) is 3.09. The lowest BCUT2D eigenvalue weighted by atomic mass is 9.81. The first-order chi connectivity index (χ1) is 6.74. The van der Waals surface area contributed by atoms with Gasteiger partial charge in [-0.25, -0.2) is 0 Å². The standard InChI is InChI=1S/C10H13NO3/c1-2-11-9(12)7-5-3-4-6(14-5)8(7)10(11)13/h5-8H,2-4H2,1H3/t5-,6-,7?,8?/m1/s1. The van der Waals surface area contributed by atoms with E-state index >= 15 is 0 Å².